The van der Waals surface area contributed by atoms with Crippen molar-refractivity contribution in [1.82, 2.24) is 0 Å². The molecule has 1 aromatic heterocycles. The largest absolute Gasteiger partial charge is 0.481 e. The molecule has 0 saturated carbocycles. The molecule has 1 N–H and O–H groups in total. The second-order valence-electron chi connectivity index (χ2n) is 3.90. The normalized spacial score (nSPS) is 20.6. The van der Waals surface area contributed by atoms with Crippen LogP contribution in [0.25, 0.3) is 0 Å². The molecule has 76 valence electrons. The lowest BCUT2D eigenvalue weighted by molar-refractivity contribution is -0.139. The average molecular weight is 194 g/mol. The third kappa shape index (κ3) is 1.24. The standard InChI is InChI=1S/C11H14O3/c1-6-7(2)14-9-5-3-4-8(10(6)9)11(12)13/h8H,3-5H2,1-2H3,(H,12,13). The van der Waals surface area contributed by atoms with Gasteiger partial charge >= 0.3 is 5.97 Å². The molecule has 1 atom stereocenters. The van der Waals surface area contributed by atoms with Crippen LogP contribution in [0.2, 0.25) is 0 Å². The highest BCUT2D eigenvalue weighted by Gasteiger charge is 2.31. The van der Waals surface area contributed by atoms with Crippen molar-refractivity contribution in [2.24, 2.45) is 0 Å². The van der Waals surface area contributed by atoms with Crippen molar-refractivity contribution < 1.29 is 14.3 Å². The number of fused-ring (bicyclic) bond motifs is 1. The maximum atomic E-state index is 11.0. The minimum Gasteiger partial charge on any atom is -0.481 e. The van der Waals surface area contributed by atoms with Gasteiger partial charge < -0.3 is 9.52 Å². The molecule has 0 saturated heterocycles. The van der Waals surface area contributed by atoms with Crippen LogP contribution in [-0.4, -0.2) is 11.1 Å². The second-order valence-corrected chi connectivity index (χ2v) is 3.90. The van der Waals surface area contributed by atoms with Crippen molar-refractivity contribution in [3.8, 4) is 0 Å². The summed E-state index contributed by atoms with van der Waals surface area (Å²) in [6, 6.07) is 0. The van der Waals surface area contributed by atoms with E-state index in [-0.39, 0.29) is 5.92 Å². The summed E-state index contributed by atoms with van der Waals surface area (Å²) in [6.45, 7) is 3.84. The van der Waals surface area contributed by atoms with Gasteiger partial charge in [-0.3, -0.25) is 4.79 Å². The zero-order valence-electron chi connectivity index (χ0n) is 8.46. The van der Waals surface area contributed by atoms with Crippen LogP contribution < -0.4 is 0 Å². The minimum atomic E-state index is -0.727. The molecule has 0 amide bonds. The van der Waals surface area contributed by atoms with Crippen LogP contribution in [0.1, 0.15) is 41.4 Å². The monoisotopic (exact) mass is 194 g/mol. The van der Waals surface area contributed by atoms with Crippen LogP contribution in [0.15, 0.2) is 4.42 Å². The van der Waals surface area contributed by atoms with Crippen LogP contribution in [0.4, 0.5) is 0 Å². The zero-order chi connectivity index (χ0) is 10.3. The number of rotatable bonds is 1. The molecule has 2 rings (SSSR count). The van der Waals surface area contributed by atoms with E-state index >= 15 is 0 Å². The van der Waals surface area contributed by atoms with Crippen molar-refractivity contribution in [2.75, 3.05) is 0 Å². The number of carboxylic acid groups (broad SMARTS) is 1. The van der Waals surface area contributed by atoms with Crippen molar-refractivity contribution in [3.05, 3.63) is 22.6 Å². The summed E-state index contributed by atoms with van der Waals surface area (Å²) in [4.78, 5) is 11.0. The van der Waals surface area contributed by atoms with Gasteiger partial charge in [0.05, 0.1) is 5.92 Å². The van der Waals surface area contributed by atoms with Gasteiger partial charge in [0.1, 0.15) is 11.5 Å². The molecule has 0 spiro atoms. The molecule has 0 aliphatic heterocycles. The van der Waals surface area contributed by atoms with E-state index in [0.717, 1.165) is 41.9 Å². The fourth-order valence-electron chi connectivity index (χ4n) is 2.21. The van der Waals surface area contributed by atoms with Gasteiger partial charge in [0.15, 0.2) is 0 Å². The lowest BCUT2D eigenvalue weighted by Crippen LogP contribution is -2.17. The van der Waals surface area contributed by atoms with E-state index in [1.807, 2.05) is 13.8 Å². The third-order valence-electron chi connectivity index (χ3n) is 3.05. The van der Waals surface area contributed by atoms with E-state index in [2.05, 4.69) is 0 Å². The van der Waals surface area contributed by atoms with Crippen molar-refractivity contribution >= 4 is 5.97 Å². The zero-order valence-corrected chi connectivity index (χ0v) is 8.46. The summed E-state index contributed by atoms with van der Waals surface area (Å²) in [5.41, 5.74) is 1.95. The highest BCUT2D eigenvalue weighted by atomic mass is 16.4. The smallest absolute Gasteiger partial charge is 0.311 e. The molecule has 0 fully saturated rings. The van der Waals surface area contributed by atoms with Crippen molar-refractivity contribution in [1.29, 1.82) is 0 Å². The Morgan fingerprint density at radius 3 is 2.86 bits per heavy atom. The van der Waals surface area contributed by atoms with Crippen molar-refractivity contribution in [2.45, 2.75) is 39.0 Å². The number of aliphatic carboxylic acids is 1. The predicted octanol–water partition coefficient (Wildman–Crippen LogP) is 2.40. The first-order valence-electron chi connectivity index (χ1n) is 4.93. The van der Waals surface area contributed by atoms with E-state index in [1.165, 1.54) is 0 Å². The minimum absolute atomic E-state index is 0.351. The highest BCUT2D eigenvalue weighted by Crippen LogP contribution is 2.37. The lowest BCUT2D eigenvalue weighted by Gasteiger charge is -2.18. The molecular weight excluding hydrogens is 180 g/mol. The van der Waals surface area contributed by atoms with Gasteiger partial charge in [-0.2, -0.15) is 0 Å². The van der Waals surface area contributed by atoms with Crippen LogP contribution in [0.3, 0.4) is 0 Å². The Morgan fingerprint density at radius 1 is 1.50 bits per heavy atom. The van der Waals surface area contributed by atoms with E-state index in [1.54, 1.807) is 0 Å². The first-order valence-corrected chi connectivity index (χ1v) is 4.93. The van der Waals surface area contributed by atoms with E-state index < -0.39 is 5.97 Å². The van der Waals surface area contributed by atoms with Crippen molar-refractivity contribution in [3.63, 3.8) is 0 Å². The summed E-state index contributed by atoms with van der Waals surface area (Å²) in [6.07, 6.45) is 2.53. The molecule has 14 heavy (non-hydrogen) atoms. The number of hydrogen-bond donors (Lipinski definition) is 1. The number of furan rings is 1. The maximum Gasteiger partial charge on any atom is 0.311 e. The molecule has 1 aliphatic carbocycles. The SMILES string of the molecule is Cc1oc2c(c1C)C(C(=O)O)CCC2. The van der Waals surface area contributed by atoms with Crippen LogP contribution >= 0.6 is 0 Å². The number of carboxylic acids is 1. The van der Waals surface area contributed by atoms with Crippen LogP contribution in [0, 0.1) is 13.8 Å². The maximum absolute atomic E-state index is 11.0. The molecule has 0 bridgehead atoms. The van der Waals surface area contributed by atoms with Gasteiger partial charge in [-0.15, -0.1) is 0 Å². The van der Waals surface area contributed by atoms with Gasteiger partial charge in [-0.25, -0.2) is 0 Å². The van der Waals surface area contributed by atoms with E-state index in [0.29, 0.717) is 0 Å². The summed E-state index contributed by atoms with van der Waals surface area (Å²) in [7, 11) is 0. The number of carbonyl (C=O) groups is 1. The first-order chi connectivity index (χ1) is 6.61. The molecule has 1 aromatic rings. The molecule has 0 aromatic carbocycles. The topological polar surface area (TPSA) is 50.4 Å². The Kier molecular flexibility index (Phi) is 2.10. The highest BCUT2D eigenvalue weighted by molar-refractivity contribution is 5.77. The Hall–Kier alpha value is -1.25. The van der Waals surface area contributed by atoms with Gasteiger partial charge in [0.25, 0.3) is 0 Å². The quantitative estimate of drug-likeness (QED) is 0.746. The predicted molar refractivity (Wildman–Crippen MR) is 51.5 cm³/mol. The number of aryl methyl sites for hydroxylation is 2. The van der Waals surface area contributed by atoms with E-state index in [4.69, 9.17) is 9.52 Å². The van der Waals surface area contributed by atoms with Gasteiger partial charge in [-0.05, 0) is 32.3 Å². The van der Waals surface area contributed by atoms with Crippen LogP contribution in [-0.2, 0) is 11.2 Å². The summed E-state index contributed by atoms with van der Waals surface area (Å²) in [5.74, 6) is 0.674. The molecule has 3 nitrogen and oxygen atoms in total. The second kappa shape index (κ2) is 3.15. The summed E-state index contributed by atoms with van der Waals surface area (Å²) in [5, 5.41) is 9.08. The molecular formula is C11H14O3. The van der Waals surface area contributed by atoms with Gasteiger partial charge in [0, 0.05) is 12.0 Å². The Balaban J connectivity index is 2.52. The third-order valence-corrected chi connectivity index (χ3v) is 3.05. The fraction of sp³-hybridized carbons (Fsp3) is 0.545. The average Bonchev–Trinajstić information content (AvgIpc) is 2.43. The molecule has 1 heterocycles. The van der Waals surface area contributed by atoms with Crippen LogP contribution in [0.5, 0.6) is 0 Å². The Bertz CT molecular complexity index is 376. The van der Waals surface area contributed by atoms with Gasteiger partial charge in [0.2, 0.25) is 0 Å². The first kappa shape index (κ1) is 9.31. The summed E-state index contributed by atoms with van der Waals surface area (Å²) < 4.78 is 5.55. The fourth-order valence-corrected chi connectivity index (χ4v) is 2.21. The Morgan fingerprint density at radius 2 is 2.21 bits per heavy atom. The lowest BCUT2D eigenvalue weighted by atomic mass is 9.85. The Labute approximate surface area is 82.7 Å². The molecule has 3 heteroatoms. The van der Waals surface area contributed by atoms with Gasteiger partial charge in [-0.1, -0.05) is 0 Å². The van der Waals surface area contributed by atoms with E-state index in [9.17, 15) is 4.79 Å². The molecule has 1 aliphatic rings. The molecule has 0 radical (unpaired) electrons. The summed E-state index contributed by atoms with van der Waals surface area (Å²) >= 11 is 0. The number of hydrogen-bond acceptors (Lipinski definition) is 2. The molecule has 1 unspecified atom stereocenters.